The first-order valence-electron chi connectivity index (χ1n) is 5.87. The van der Waals surface area contributed by atoms with Crippen LogP contribution in [-0.4, -0.2) is 6.03 Å². The summed E-state index contributed by atoms with van der Waals surface area (Å²) in [6, 6.07) is 7.07. The second kappa shape index (κ2) is 11.6. The third-order valence-electron chi connectivity index (χ3n) is 1.63. The Morgan fingerprint density at radius 3 is 1.88 bits per heavy atom. The topological polar surface area (TPSA) is 55.1 Å². The van der Waals surface area contributed by atoms with Gasteiger partial charge in [0.2, 0.25) is 0 Å². The van der Waals surface area contributed by atoms with Crippen molar-refractivity contribution >= 4 is 11.7 Å². The third kappa shape index (κ3) is 7.85. The molecule has 0 saturated carbocycles. The fourth-order valence-corrected chi connectivity index (χ4v) is 0.966. The number of primary amides is 1. The van der Waals surface area contributed by atoms with E-state index in [0.29, 0.717) is 0 Å². The van der Waals surface area contributed by atoms with Crippen LogP contribution >= 0.6 is 0 Å². The van der Waals surface area contributed by atoms with E-state index >= 15 is 0 Å². The van der Waals surface area contributed by atoms with E-state index in [4.69, 9.17) is 5.73 Å². The number of nitrogens with one attached hydrogen (secondary N) is 1. The molecule has 0 aliphatic carbocycles. The summed E-state index contributed by atoms with van der Waals surface area (Å²) in [5, 5.41) is 2.49. The molecule has 0 aliphatic rings. The van der Waals surface area contributed by atoms with E-state index in [2.05, 4.69) is 12.2 Å². The number of benzene rings is 1. The molecule has 0 radical (unpaired) electrons. The largest absolute Gasteiger partial charge is 0.351 e. The van der Waals surface area contributed by atoms with E-state index in [0.717, 1.165) is 12.1 Å². The summed E-state index contributed by atoms with van der Waals surface area (Å²) in [6.07, 6.45) is 0.997. The molecule has 0 saturated heterocycles. The minimum absolute atomic E-state index is 0.528. The highest BCUT2D eigenvalue weighted by molar-refractivity contribution is 5.87. The van der Waals surface area contributed by atoms with Crippen molar-refractivity contribution in [2.24, 2.45) is 5.73 Å². The van der Waals surface area contributed by atoms with E-state index < -0.39 is 6.03 Å². The number of carbonyl (C=O) groups is 1. The highest BCUT2D eigenvalue weighted by Gasteiger charge is 1.94. The average molecular weight is 224 g/mol. The molecule has 3 heteroatoms. The van der Waals surface area contributed by atoms with Crippen LogP contribution in [0.5, 0.6) is 0 Å². The van der Waals surface area contributed by atoms with Gasteiger partial charge in [0, 0.05) is 5.69 Å². The Hall–Kier alpha value is -1.51. The van der Waals surface area contributed by atoms with Crippen LogP contribution in [0.15, 0.2) is 24.3 Å². The number of rotatable bonds is 2. The zero-order valence-corrected chi connectivity index (χ0v) is 11.0. The molecule has 3 N–H and O–H groups in total. The van der Waals surface area contributed by atoms with Crippen LogP contribution in [0.3, 0.4) is 0 Å². The number of carbonyl (C=O) groups excluding carboxylic acids is 1. The van der Waals surface area contributed by atoms with Crippen molar-refractivity contribution in [3.8, 4) is 0 Å². The molecule has 0 aliphatic heterocycles. The van der Waals surface area contributed by atoms with Crippen molar-refractivity contribution in [1.82, 2.24) is 0 Å². The summed E-state index contributed by atoms with van der Waals surface area (Å²) < 4.78 is 0. The molecular weight excluding hydrogens is 200 g/mol. The third-order valence-corrected chi connectivity index (χ3v) is 1.63. The molecule has 92 valence electrons. The maximum absolute atomic E-state index is 10.4. The fourth-order valence-electron chi connectivity index (χ4n) is 0.966. The van der Waals surface area contributed by atoms with Gasteiger partial charge in [0.15, 0.2) is 0 Å². The molecule has 0 spiro atoms. The summed E-state index contributed by atoms with van der Waals surface area (Å²) in [7, 11) is 0. The smallest absolute Gasteiger partial charge is 0.316 e. The first-order valence-corrected chi connectivity index (χ1v) is 5.87. The first-order chi connectivity index (χ1) is 7.72. The van der Waals surface area contributed by atoms with E-state index in [1.807, 2.05) is 52.0 Å². The summed E-state index contributed by atoms with van der Waals surface area (Å²) >= 11 is 0. The molecule has 1 rings (SSSR count). The second-order valence-corrected chi connectivity index (χ2v) is 2.54. The van der Waals surface area contributed by atoms with Gasteiger partial charge in [-0.05, 0) is 24.1 Å². The highest BCUT2D eigenvalue weighted by atomic mass is 16.2. The van der Waals surface area contributed by atoms with Gasteiger partial charge >= 0.3 is 6.03 Å². The molecule has 0 atom stereocenters. The van der Waals surface area contributed by atoms with Crippen LogP contribution in [0.4, 0.5) is 10.5 Å². The van der Waals surface area contributed by atoms with Crippen molar-refractivity contribution in [2.45, 2.75) is 41.0 Å². The second-order valence-electron chi connectivity index (χ2n) is 2.54. The molecule has 0 unspecified atom stereocenters. The molecule has 0 bridgehead atoms. The van der Waals surface area contributed by atoms with Crippen LogP contribution in [0, 0.1) is 0 Å². The predicted octanol–water partition coefficient (Wildman–Crippen LogP) is 3.79. The van der Waals surface area contributed by atoms with Gasteiger partial charge < -0.3 is 11.1 Å². The van der Waals surface area contributed by atoms with Gasteiger partial charge in [-0.2, -0.15) is 0 Å². The average Bonchev–Trinajstić information content (AvgIpc) is 2.34. The van der Waals surface area contributed by atoms with Crippen molar-refractivity contribution < 1.29 is 4.79 Å². The van der Waals surface area contributed by atoms with E-state index in [-0.39, 0.29) is 0 Å². The van der Waals surface area contributed by atoms with Crippen molar-refractivity contribution in [2.75, 3.05) is 5.32 Å². The molecule has 1 aromatic carbocycles. The number of hydrogen-bond donors (Lipinski definition) is 2. The van der Waals surface area contributed by atoms with Gasteiger partial charge in [-0.1, -0.05) is 46.8 Å². The lowest BCUT2D eigenvalue weighted by atomic mass is 10.1. The van der Waals surface area contributed by atoms with Gasteiger partial charge in [0.1, 0.15) is 0 Å². The lowest BCUT2D eigenvalue weighted by Crippen LogP contribution is -2.19. The summed E-state index contributed by atoms with van der Waals surface area (Å²) in [5.74, 6) is 0. The summed E-state index contributed by atoms with van der Waals surface area (Å²) in [6.45, 7) is 10.1. The Labute approximate surface area is 99.0 Å². The van der Waals surface area contributed by atoms with Crippen LogP contribution in [0.25, 0.3) is 0 Å². The fraction of sp³-hybridized carbons (Fsp3) is 0.462. The number of nitrogens with two attached hydrogens (primary N) is 1. The quantitative estimate of drug-likeness (QED) is 0.789. The SMILES string of the molecule is CC.CC.CCc1ccc(NC(N)=O)cc1. The van der Waals surface area contributed by atoms with Crippen molar-refractivity contribution in [3.63, 3.8) is 0 Å². The normalized spacial score (nSPS) is 7.81. The van der Waals surface area contributed by atoms with Crippen LogP contribution in [-0.2, 0) is 6.42 Å². The standard InChI is InChI=1S/C9H12N2O.2C2H6/c1-2-7-3-5-8(6-4-7)11-9(10)12;2*1-2/h3-6H,2H2,1H3,(H3,10,11,12);2*1-2H3. The Kier molecular flexibility index (Phi) is 12.2. The molecule has 0 aromatic heterocycles. The van der Waals surface area contributed by atoms with Crippen LogP contribution in [0.2, 0.25) is 0 Å². The number of amides is 2. The van der Waals surface area contributed by atoms with Crippen molar-refractivity contribution in [3.05, 3.63) is 29.8 Å². The number of hydrogen-bond acceptors (Lipinski definition) is 1. The van der Waals surface area contributed by atoms with Gasteiger partial charge in [0.05, 0.1) is 0 Å². The van der Waals surface area contributed by atoms with Crippen LogP contribution in [0.1, 0.15) is 40.2 Å². The lowest BCUT2D eigenvalue weighted by molar-refractivity contribution is 0.259. The predicted molar refractivity (Wildman–Crippen MR) is 71.7 cm³/mol. The van der Waals surface area contributed by atoms with Gasteiger partial charge in [-0.25, -0.2) is 4.79 Å². The zero-order chi connectivity index (χ0) is 13.0. The Morgan fingerprint density at radius 1 is 1.12 bits per heavy atom. The zero-order valence-electron chi connectivity index (χ0n) is 11.0. The molecule has 0 heterocycles. The molecule has 1 aromatic rings. The highest BCUT2D eigenvalue weighted by Crippen LogP contribution is 2.08. The number of aryl methyl sites for hydroxylation is 1. The van der Waals surface area contributed by atoms with Gasteiger partial charge in [-0.15, -0.1) is 0 Å². The van der Waals surface area contributed by atoms with Crippen molar-refractivity contribution in [1.29, 1.82) is 0 Å². The van der Waals surface area contributed by atoms with Crippen LogP contribution < -0.4 is 11.1 Å². The summed E-state index contributed by atoms with van der Waals surface area (Å²) in [5.41, 5.74) is 6.92. The molecular formula is C13H24N2O. The maximum Gasteiger partial charge on any atom is 0.316 e. The molecule has 0 fully saturated rings. The Balaban J connectivity index is 0. The lowest BCUT2D eigenvalue weighted by Gasteiger charge is -2.01. The van der Waals surface area contributed by atoms with E-state index in [1.165, 1.54) is 5.56 Å². The Morgan fingerprint density at radius 2 is 1.56 bits per heavy atom. The van der Waals surface area contributed by atoms with Gasteiger partial charge in [0.25, 0.3) is 0 Å². The molecule has 16 heavy (non-hydrogen) atoms. The number of anilines is 1. The van der Waals surface area contributed by atoms with E-state index in [1.54, 1.807) is 0 Å². The summed E-state index contributed by atoms with van der Waals surface area (Å²) in [4.78, 5) is 10.4. The minimum atomic E-state index is -0.528. The Bertz CT molecular complexity index is 268. The molecule has 2 amide bonds. The van der Waals surface area contributed by atoms with E-state index in [9.17, 15) is 4.79 Å². The monoisotopic (exact) mass is 224 g/mol. The molecule has 3 nitrogen and oxygen atoms in total. The first kappa shape index (κ1) is 16.9. The maximum atomic E-state index is 10.4. The minimum Gasteiger partial charge on any atom is -0.351 e. The van der Waals surface area contributed by atoms with Gasteiger partial charge in [-0.3, -0.25) is 0 Å². The number of urea groups is 1.